The quantitative estimate of drug-likeness (QED) is 0.549. The van der Waals surface area contributed by atoms with Crippen molar-refractivity contribution in [3.05, 3.63) is 23.3 Å². The second kappa shape index (κ2) is 8.13. The minimum absolute atomic E-state index is 0.245. The molecule has 0 saturated heterocycles. The van der Waals surface area contributed by atoms with E-state index in [0.717, 1.165) is 24.8 Å². The van der Waals surface area contributed by atoms with Crippen LogP contribution in [0.25, 0.3) is 0 Å². The van der Waals surface area contributed by atoms with Crippen LogP contribution in [0.3, 0.4) is 0 Å². The Balaban J connectivity index is 3.93. The maximum absolute atomic E-state index is 8.66. The summed E-state index contributed by atoms with van der Waals surface area (Å²) in [6.07, 6.45) is 7.18. The molecule has 0 aliphatic carbocycles. The van der Waals surface area contributed by atoms with Crippen molar-refractivity contribution in [1.82, 2.24) is 0 Å². The first-order chi connectivity index (χ1) is 7.49. The van der Waals surface area contributed by atoms with Crippen LogP contribution in [0, 0.1) is 17.2 Å². The standard InChI is InChI=1S/C14H24N2/c1-5-11(2)9-14(16)7-6-12(3)8-13(4)10-15/h5,8,12,14H,6-7,9,16H2,1-4H3/b11-5-,13-8+. The Bertz CT molecular complexity index is 294. The van der Waals surface area contributed by atoms with Gasteiger partial charge in [-0.15, -0.1) is 0 Å². The molecule has 0 amide bonds. The van der Waals surface area contributed by atoms with E-state index in [4.69, 9.17) is 11.0 Å². The lowest BCUT2D eigenvalue weighted by atomic mass is 9.97. The summed E-state index contributed by atoms with van der Waals surface area (Å²) in [6, 6.07) is 2.39. The van der Waals surface area contributed by atoms with Crippen LogP contribution in [0.15, 0.2) is 23.3 Å². The van der Waals surface area contributed by atoms with Gasteiger partial charge in [-0.05, 0) is 46.0 Å². The zero-order chi connectivity index (χ0) is 12.6. The number of nitrogens with zero attached hydrogens (tertiary/aromatic N) is 1. The molecule has 0 rings (SSSR count). The van der Waals surface area contributed by atoms with Crippen molar-refractivity contribution in [3.8, 4) is 6.07 Å². The van der Waals surface area contributed by atoms with Crippen molar-refractivity contribution < 1.29 is 0 Å². The highest BCUT2D eigenvalue weighted by atomic mass is 14.6. The highest BCUT2D eigenvalue weighted by Gasteiger charge is 2.06. The number of rotatable bonds is 6. The van der Waals surface area contributed by atoms with Gasteiger partial charge in [0.2, 0.25) is 0 Å². The third-order valence-electron chi connectivity index (χ3n) is 2.78. The van der Waals surface area contributed by atoms with E-state index < -0.39 is 0 Å². The van der Waals surface area contributed by atoms with Gasteiger partial charge in [-0.25, -0.2) is 0 Å². The molecule has 0 aromatic heterocycles. The van der Waals surface area contributed by atoms with Crippen LogP contribution in [-0.2, 0) is 0 Å². The van der Waals surface area contributed by atoms with Gasteiger partial charge in [-0.1, -0.05) is 24.6 Å². The molecule has 0 spiro atoms. The molecule has 0 saturated carbocycles. The van der Waals surface area contributed by atoms with Crippen molar-refractivity contribution in [3.63, 3.8) is 0 Å². The Labute approximate surface area is 99.8 Å². The molecular weight excluding hydrogens is 196 g/mol. The van der Waals surface area contributed by atoms with E-state index in [-0.39, 0.29) is 6.04 Å². The first-order valence-corrected chi connectivity index (χ1v) is 5.95. The molecule has 2 unspecified atom stereocenters. The second-order valence-electron chi connectivity index (χ2n) is 4.62. The van der Waals surface area contributed by atoms with Gasteiger partial charge >= 0.3 is 0 Å². The fraction of sp³-hybridized carbons (Fsp3) is 0.643. The van der Waals surface area contributed by atoms with Gasteiger partial charge in [-0.3, -0.25) is 0 Å². The van der Waals surface area contributed by atoms with E-state index in [1.807, 2.05) is 19.9 Å². The Morgan fingerprint density at radius 3 is 2.50 bits per heavy atom. The molecule has 0 aliphatic rings. The fourth-order valence-corrected chi connectivity index (χ4v) is 1.66. The van der Waals surface area contributed by atoms with Crippen LogP contribution in [0.5, 0.6) is 0 Å². The van der Waals surface area contributed by atoms with Gasteiger partial charge in [0.05, 0.1) is 6.07 Å². The Morgan fingerprint density at radius 1 is 1.38 bits per heavy atom. The summed E-state index contributed by atoms with van der Waals surface area (Å²) >= 11 is 0. The maximum Gasteiger partial charge on any atom is 0.0940 e. The van der Waals surface area contributed by atoms with E-state index in [1.165, 1.54) is 5.57 Å². The summed E-state index contributed by atoms with van der Waals surface area (Å²) in [5.74, 6) is 0.441. The maximum atomic E-state index is 8.66. The monoisotopic (exact) mass is 220 g/mol. The minimum atomic E-state index is 0.245. The molecule has 0 aromatic rings. The Morgan fingerprint density at radius 2 is 2.00 bits per heavy atom. The van der Waals surface area contributed by atoms with E-state index >= 15 is 0 Å². The lowest BCUT2D eigenvalue weighted by molar-refractivity contribution is 0.521. The predicted octanol–water partition coefficient (Wildman–Crippen LogP) is 3.56. The summed E-state index contributed by atoms with van der Waals surface area (Å²) in [6.45, 7) is 8.14. The van der Waals surface area contributed by atoms with Crippen LogP contribution in [-0.4, -0.2) is 6.04 Å². The molecule has 0 aromatic carbocycles. The second-order valence-corrected chi connectivity index (χ2v) is 4.62. The Hall–Kier alpha value is -1.07. The first-order valence-electron chi connectivity index (χ1n) is 5.95. The number of hydrogen-bond donors (Lipinski definition) is 1. The van der Waals surface area contributed by atoms with Crippen molar-refractivity contribution in [2.45, 2.75) is 53.0 Å². The summed E-state index contributed by atoms with van der Waals surface area (Å²) in [5, 5.41) is 8.66. The van der Waals surface area contributed by atoms with Crippen LogP contribution < -0.4 is 5.73 Å². The van der Waals surface area contributed by atoms with Crippen molar-refractivity contribution in [2.75, 3.05) is 0 Å². The van der Waals surface area contributed by atoms with Crippen LogP contribution in [0.4, 0.5) is 0 Å². The smallest absolute Gasteiger partial charge is 0.0940 e. The molecule has 90 valence electrons. The fourth-order valence-electron chi connectivity index (χ4n) is 1.66. The van der Waals surface area contributed by atoms with Gasteiger partial charge in [0.1, 0.15) is 0 Å². The Kier molecular flexibility index (Phi) is 7.58. The summed E-state index contributed by atoms with van der Waals surface area (Å²) < 4.78 is 0. The van der Waals surface area contributed by atoms with Crippen LogP contribution >= 0.6 is 0 Å². The molecule has 2 atom stereocenters. The third-order valence-corrected chi connectivity index (χ3v) is 2.78. The molecule has 0 bridgehead atoms. The number of hydrogen-bond acceptors (Lipinski definition) is 2. The highest BCUT2D eigenvalue weighted by molar-refractivity contribution is 5.18. The minimum Gasteiger partial charge on any atom is -0.327 e. The van der Waals surface area contributed by atoms with Gasteiger partial charge in [0.25, 0.3) is 0 Å². The molecule has 2 N–H and O–H groups in total. The van der Waals surface area contributed by atoms with Gasteiger partial charge in [0, 0.05) is 11.6 Å². The topological polar surface area (TPSA) is 49.8 Å². The molecule has 2 heteroatoms. The zero-order valence-corrected chi connectivity index (χ0v) is 11.0. The number of allylic oxidation sites excluding steroid dienone is 3. The molecule has 0 heterocycles. The van der Waals surface area contributed by atoms with E-state index in [0.29, 0.717) is 5.92 Å². The van der Waals surface area contributed by atoms with Crippen molar-refractivity contribution >= 4 is 0 Å². The molecule has 16 heavy (non-hydrogen) atoms. The van der Waals surface area contributed by atoms with Crippen molar-refractivity contribution in [2.24, 2.45) is 11.7 Å². The van der Waals surface area contributed by atoms with Crippen molar-refractivity contribution in [1.29, 1.82) is 5.26 Å². The lowest BCUT2D eigenvalue weighted by Gasteiger charge is -2.13. The summed E-state index contributed by atoms with van der Waals surface area (Å²) in [4.78, 5) is 0. The van der Waals surface area contributed by atoms with Crippen LogP contribution in [0.1, 0.15) is 47.0 Å². The first kappa shape index (κ1) is 14.9. The largest absolute Gasteiger partial charge is 0.327 e. The molecule has 0 aliphatic heterocycles. The van der Waals surface area contributed by atoms with Gasteiger partial charge in [0.15, 0.2) is 0 Å². The molecule has 0 radical (unpaired) electrons. The molecule has 2 nitrogen and oxygen atoms in total. The van der Waals surface area contributed by atoms with E-state index in [1.54, 1.807) is 0 Å². The highest BCUT2D eigenvalue weighted by Crippen LogP contribution is 2.14. The van der Waals surface area contributed by atoms with Crippen LogP contribution in [0.2, 0.25) is 0 Å². The molecular formula is C14H24N2. The zero-order valence-electron chi connectivity index (χ0n) is 11.0. The number of nitriles is 1. The van der Waals surface area contributed by atoms with Gasteiger partial charge < -0.3 is 5.73 Å². The average molecular weight is 220 g/mol. The normalized spacial score (nSPS) is 16.8. The van der Waals surface area contributed by atoms with Gasteiger partial charge in [-0.2, -0.15) is 5.26 Å². The third kappa shape index (κ3) is 7.25. The van der Waals surface area contributed by atoms with E-state index in [9.17, 15) is 0 Å². The molecule has 0 fully saturated rings. The summed E-state index contributed by atoms with van der Waals surface area (Å²) in [7, 11) is 0. The average Bonchev–Trinajstić information content (AvgIpc) is 2.26. The summed E-state index contributed by atoms with van der Waals surface area (Å²) in [5.41, 5.74) is 8.18. The lowest BCUT2D eigenvalue weighted by Crippen LogP contribution is -2.20. The predicted molar refractivity (Wildman–Crippen MR) is 69.8 cm³/mol. The SMILES string of the molecule is C/C=C(/C)CC(N)CCC(C)/C=C(\C)C#N. The van der Waals surface area contributed by atoms with E-state index in [2.05, 4.69) is 26.0 Å². The number of nitrogens with two attached hydrogens (primary N) is 1.